The fraction of sp³-hybridized carbons (Fsp3) is 0.231. The summed E-state index contributed by atoms with van der Waals surface area (Å²) in [5, 5.41) is 4.95. The maximum Gasteiger partial charge on any atom is 0.322 e. The molecule has 8 nitrogen and oxygen atoms in total. The minimum Gasteiger partial charge on any atom is -0.467 e. The summed E-state index contributed by atoms with van der Waals surface area (Å²) in [4.78, 5) is 23.6. The third-order valence-electron chi connectivity index (χ3n) is 2.59. The molecule has 0 radical (unpaired) electrons. The average molecular weight is 342 g/mol. The van der Waals surface area contributed by atoms with Gasteiger partial charge in [0.2, 0.25) is 0 Å². The molecule has 0 aliphatic rings. The topological polar surface area (TPSA) is 98.3 Å². The Morgan fingerprint density at radius 2 is 1.87 bits per heavy atom. The first kappa shape index (κ1) is 16.7. The minimum absolute atomic E-state index is 0.00992. The summed E-state index contributed by atoms with van der Waals surface area (Å²) in [6, 6.07) is 3.44. The molecule has 2 aromatic rings. The standard InChI is InChI=1S/C13H13ClFN5O3/c1-22-12-18-10(19-13(20-12)23-2)6-16-11(21)17-7-3-4-9(15)8(14)5-7/h3-5H,6H2,1-2H3,(H2,16,17,21). The lowest BCUT2D eigenvalue weighted by Gasteiger charge is -2.08. The molecule has 0 fully saturated rings. The van der Waals surface area contributed by atoms with Gasteiger partial charge in [0.1, 0.15) is 5.82 Å². The molecule has 122 valence electrons. The lowest BCUT2D eigenvalue weighted by atomic mass is 10.3. The third kappa shape index (κ3) is 4.65. The van der Waals surface area contributed by atoms with E-state index in [1.54, 1.807) is 0 Å². The molecule has 0 bridgehead atoms. The van der Waals surface area contributed by atoms with Crippen LogP contribution in [-0.4, -0.2) is 35.2 Å². The number of carbonyl (C=O) groups is 1. The van der Waals surface area contributed by atoms with Crippen LogP contribution in [0.4, 0.5) is 14.9 Å². The SMILES string of the molecule is COc1nc(CNC(=O)Nc2ccc(F)c(Cl)c2)nc(OC)n1. The van der Waals surface area contributed by atoms with Gasteiger partial charge in [0, 0.05) is 5.69 Å². The highest BCUT2D eigenvalue weighted by molar-refractivity contribution is 6.31. The minimum atomic E-state index is -0.568. The van der Waals surface area contributed by atoms with E-state index >= 15 is 0 Å². The number of methoxy groups -OCH3 is 2. The lowest BCUT2D eigenvalue weighted by molar-refractivity contribution is 0.251. The third-order valence-corrected chi connectivity index (χ3v) is 2.88. The van der Waals surface area contributed by atoms with Crippen LogP contribution >= 0.6 is 11.6 Å². The Hall–Kier alpha value is -2.68. The van der Waals surface area contributed by atoms with Crippen LogP contribution in [0.2, 0.25) is 5.02 Å². The number of urea groups is 1. The number of hydrogen-bond donors (Lipinski definition) is 2. The van der Waals surface area contributed by atoms with Gasteiger partial charge in [-0.1, -0.05) is 11.6 Å². The second-order valence-corrected chi connectivity index (χ2v) is 4.57. The van der Waals surface area contributed by atoms with Crippen LogP contribution in [0.25, 0.3) is 0 Å². The molecule has 2 N–H and O–H groups in total. The Bertz CT molecular complexity index is 694. The number of rotatable bonds is 5. The van der Waals surface area contributed by atoms with Crippen LogP contribution in [0.5, 0.6) is 12.0 Å². The van der Waals surface area contributed by atoms with Crippen LogP contribution in [0.15, 0.2) is 18.2 Å². The highest BCUT2D eigenvalue weighted by Gasteiger charge is 2.09. The number of anilines is 1. The van der Waals surface area contributed by atoms with Gasteiger partial charge < -0.3 is 20.1 Å². The van der Waals surface area contributed by atoms with Gasteiger partial charge in [-0.3, -0.25) is 0 Å². The Morgan fingerprint density at radius 3 is 2.43 bits per heavy atom. The second-order valence-electron chi connectivity index (χ2n) is 4.16. The van der Waals surface area contributed by atoms with Crippen molar-refractivity contribution in [3.05, 3.63) is 34.9 Å². The van der Waals surface area contributed by atoms with E-state index in [2.05, 4.69) is 25.6 Å². The number of carbonyl (C=O) groups excluding carboxylic acids is 1. The smallest absolute Gasteiger partial charge is 0.322 e. The van der Waals surface area contributed by atoms with Gasteiger partial charge in [0.05, 0.1) is 25.8 Å². The molecule has 0 spiro atoms. The van der Waals surface area contributed by atoms with Crippen molar-refractivity contribution in [3.63, 3.8) is 0 Å². The van der Waals surface area contributed by atoms with E-state index in [9.17, 15) is 9.18 Å². The molecule has 0 aliphatic carbocycles. The fourth-order valence-electron chi connectivity index (χ4n) is 1.55. The summed E-state index contributed by atoms with van der Waals surface area (Å²) in [6.45, 7) is 0.00992. The number of halogens is 2. The number of nitrogens with zero attached hydrogens (tertiary/aromatic N) is 3. The van der Waals surface area contributed by atoms with Crippen molar-refractivity contribution in [2.45, 2.75) is 6.54 Å². The molecule has 2 amide bonds. The van der Waals surface area contributed by atoms with Gasteiger partial charge in [-0.15, -0.1) is 4.98 Å². The van der Waals surface area contributed by atoms with Crippen LogP contribution < -0.4 is 20.1 Å². The van der Waals surface area contributed by atoms with Crippen molar-refractivity contribution in [1.29, 1.82) is 0 Å². The maximum absolute atomic E-state index is 13.0. The fourth-order valence-corrected chi connectivity index (χ4v) is 1.73. The highest BCUT2D eigenvalue weighted by atomic mass is 35.5. The largest absolute Gasteiger partial charge is 0.467 e. The summed E-state index contributed by atoms with van der Waals surface area (Å²) in [5.74, 6) is -0.317. The first-order chi connectivity index (χ1) is 11.0. The molecule has 23 heavy (non-hydrogen) atoms. The highest BCUT2D eigenvalue weighted by Crippen LogP contribution is 2.19. The predicted octanol–water partition coefficient (Wildman–Crippen LogP) is 2.00. The van der Waals surface area contributed by atoms with E-state index in [1.807, 2.05) is 0 Å². The molecular weight excluding hydrogens is 329 g/mol. The van der Waals surface area contributed by atoms with Gasteiger partial charge in [-0.05, 0) is 18.2 Å². The second kappa shape index (κ2) is 7.54. The van der Waals surface area contributed by atoms with E-state index in [4.69, 9.17) is 21.1 Å². The number of ether oxygens (including phenoxy) is 2. The molecule has 0 saturated heterocycles. The van der Waals surface area contributed by atoms with Crippen LogP contribution in [0, 0.1) is 5.82 Å². The van der Waals surface area contributed by atoms with Crippen LogP contribution in [-0.2, 0) is 6.54 Å². The van der Waals surface area contributed by atoms with E-state index in [1.165, 1.54) is 26.4 Å². The Labute approximate surface area is 136 Å². The van der Waals surface area contributed by atoms with Gasteiger partial charge in [-0.2, -0.15) is 9.97 Å². The number of aromatic nitrogens is 3. The van der Waals surface area contributed by atoms with Crippen LogP contribution in [0.1, 0.15) is 5.82 Å². The van der Waals surface area contributed by atoms with E-state index < -0.39 is 11.8 Å². The Morgan fingerprint density at radius 1 is 1.22 bits per heavy atom. The molecule has 0 unspecified atom stereocenters. The summed E-state index contributed by atoms with van der Waals surface area (Å²) in [6.07, 6.45) is 0. The normalized spacial score (nSPS) is 10.1. The average Bonchev–Trinajstić information content (AvgIpc) is 2.56. The van der Waals surface area contributed by atoms with Gasteiger partial charge in [0.25, 0.3) is 0 Å². The maximum atomic E-state index is 13.0. The lowest BCUT2D eigenvalue weighted by Crippen LogP contribution is -2.29. The summed E-state index contributed by atoms with van der Waals surface area (Å²) in [5.41, 5.74) is 0.347. The van der Waals surface area contributed by atoms with Crippen molar-refractivity contribution in [3.8, 4) is 12.0 Å². The zero-order valence-electron chi connectivity index (χ0n) is 12.3. The first-order valence-electron chi connectivity index (χ1n) is 6.34. The zero-order valence-corrected chi connectivity index (χ0v) is 13.0. The number of benzene rings is 1. The van der Waals surface area contributed by atoms with Crippen molar-refractivity contribution in [2.75, 3.05) is 19.5 Å². The van der Waals surface area contributed by atoms with Crippen molar-refractivity contribution in [1.82, 2.24) is 20.3 Å². The van der Waals surface area contributed by atoms with E-state index in [-0.39, 0.29) is 29.4 Å². The molecule has 2 rings (SSSR count). The predicted molar refractivity (Wildman–Crippen MR) is 80.2 cm³/mol. The van der Waals surface area contributed by atoms with Crippen molar-refractivity contribution in [2.24, 2.45) is 0 Å². The molecule has 0 atom stereocenters. The van der Waals surface area contributed by atoms with Crippen molar-refractivity contribution >= 4 is 23.3 Å². The molecule has 1 aromatic heterocycles. The molecule has 1 aromatic carbocycles. The number of amides is 2. The zero-order chi connectivity index (χ0) is 16.8. The molecule has 1 heterocycles. The van der Waals surface area contributed by atoms with Crippen LogP contribution in [0.3, 0.4) is 0 Å². The quantitative estimate of drug-likeness (QED) is 0.863. The molecule has 10 heteroatoms. The molecule has 0 aliphatic heterocycles. The van der Waals surface area contributed by atoms with E-state index in [0.717, 1.165) is 6.07 Å². The molecule has 0 saturated carbocycles. The van der Waals surface area contributed by atoms with Gasteiger partial charge in [0.15, 0.2) is 5.82 Å². The number of hydrogen-bond acceptors (Lipinski definition) is 6. The molecular formula is C13H13ClFN5O3. The number of nitrogens with one attached hydrogen (secondary N) is 2. The van der Waals surface area contributed by atoms with Gasteiger partial charge >= 0.3 is 18.1 Å². The monoisotopic (exact) mass is 341 g/mol. The van der Waals surface area contributed by atoms with Gasteiger partial charge in [-0.25, -0.2) is 9.18 Å². The van der Waals surface area contributed by atoms with Crippen molar-refractivity contribution < 1.29 is 18.7 Å². The summed E-state index contributed by atoms with van der Waals surface area (Å²) < 4.78 is 22.8. The Kier molecular flexibility index (Phi) is 5.47. The first-order valence-corrected chi connectivity index (χ1v) is 6.72. The van der Waals surface area contributed by atoms with E-state index in [0.29, 0.717) is 5.69 Å². The summed E-state index contributed by atoms with van der Waals surface area (Å²) >= 11 is 5.64. The Balaban J connectivity index is 1.97. The summed E-state index contributed by atoms with van der Waals surface area (Å²) in [7, 11) is 2.80.